The van der Waals surface area contributed by atoms with E-state index in [2.05, 4.69) is 14.9 Å². The van der Waals surface area contributed by atoms with E-state index < -0.39 is 17.4 Å². The zero-order valence-electron chi connectivity index (χ0n) is 12.2. The van der Waals surface area contributed by atoms with Crippen LogP contribution >= 0.6 is 0 Å². The van der Waals surface area contributed by atoms with Crippen LogP contribution in [0.2, 0.25) is 0 Å². The molecule has 1 aliphatic rings. The van der Waals surface area contributed by atoms with E-state index in [9.17, 15) is 14.7 Å². The van der Waals surface area contributed by atoms with E-state index in [4.69, 9.17) is 0 Å². The molecule has 1 atom stereocenters. The molecule has 0 spiro atoms. The second-order valence-corrected chi connectivity index (χ2v) is 5.56. The first-order chi connectivity index (χ1) is 9.99. The minimum atomic E-state index is -0.611. The van der Waals surface area contributed by atoms with Crippen molar-refractivity contribution >= 4 is 17.1 Å². The molecular formula is C13H19N5O3. The average Bonchev–Trinajstić information content (AvgIpc) is 3.02. The van der Waals surface area contributed by atoms with Gasteiger partial charge in [0.2, 0.25) is 5.95 Å². The summed E-state index contributed by atoms with van der Waals surface area (Å²) in [7, 11) is 1.58. The van der Waals surface area contributed by atoms with E-state index in [0.29, 0.717) is 17.1 Å². The van der Waals surface area contributed by atoms with Gasteiger partial charge in [0, 0.05) is 20.1 Å². The Balaban J connectivity index is 2.30. The molecule has 1 aliphatic heterocycles. The molecule has 0 amide bonds. The number of nitrogens with one attached hydrogen (secondary N) is 1. The van der Waals surface area contributed by atoms with Crippen molar-refractivity contribution in [3.8, 4) is 0 Å². The van der Waals surface area contributed by atoms with Crippen LogP contribution in [0.1, 0.15) is 19.8 Å². The maximum Gasteiger partial charge on any atom is 0.329 e. The number of aliphatic hydroxyl groups excluding tert-OH is 1. The SMILES string of the molecule is C[C@H](O)Cn1c(N2CCCC2)nc2c1c(=O)[nH]c(=O)n2C. The van der Waals surface area contributed by atoms with E-state index >= 15 is 0 Å². The van der Waals surface area contributed by atoms with E-state index in [-0.39, 0.29) is 6.54 Å². The molecule has 2 aromatic heterocycles. The highest BCUT2D eigenvalue weighted by molar-refractivity contribution is 5.74. The first-order valence-electron chi connectivity index (χ1n) is 7.11. The number of aromatic amines is 1. The van der Waals surface area contributed by atoms with Crippen LogP contribution in [0.5, 0.6) is 0 Å². The van der Waals surface area contributed by atoms with Crippen molar-refractivity contribution in [2.24, 2.45) is 7.05 Å². The Kier molecular flexibility index (Phi) is 3.32. The molecule has 1 saturated heterocycles. The zero-order chi connectivity index (χ0) is 15.1. The van der Waals surface area contributed by atoms with Gasteiger partial charge in [-0.1, -0.05) is 0 Å². The molecule has 21 heavy (non-hydrogen) atoms. The molecule has 0 radical (unpaired) electrons. The van der Waals surface area contributed by atoms with Gasteiger partial charge in [0.1, 0.15) is 0 Å². The Bertz CT molecular complexity index is 779. The van der Waals surface area contributed by atoms with Crippen molar-refractivity contribution in [1.82, 2.24) is 19.1 Å². The lowest BCUT2D eigenvalue weighted by Gasteiger charge is -2.19. The van der Waals surface area contributed by atoms with Crippen molar-refractivity contribution in [1.29, 1.82) is 0 Å². The highest BCUT2D eigenvalue weighted by Gasteiger charge is 2.23. The van der Waals surface area contributed by atoms with Gasteiger partial charge in [0.25, 0.3) is 5.56 Å². The van der Waals surface area contributed by atoms with Crippen molar-refractivity contribution in [2.45, 2.75) is 32.4 Å². The molecule has 3 rings (SSSR count). The van der Waals surface area contributed by atoms with Gasteiger partial charge in [0.05, 0.1) is 12.6 Å². The number of hydrogen-bond acceptors (Lipinski definition) is 5. The van der Waals surface area contributed by atoms with Gasteiger partial charge in [-0.25, -0.2) is 4.79 Å². The Morgan fingerprint density at radius 3 is 2.62 bits per heavy atom. The van der Waals surface area contributed by atoms with Crippen LogP contribution in [0.25, 0.3) is 11.2 Å². The first-order valence-corrected chi connectivity index (χ1v) is 7.11. The van der Waals surface area contributed by atoms with Gasteiger partial charge < -0.3 is 14.6 Å². The number of aryl methyl sites for hydroxylation is 1. The smallest absolute Gasteiger partial charge is 0.329 e. The fraction of sp³-hybridized carbons (Fsp3) is 0.615. The van der Waals surface area contributed by atoms with Crippen molar-refractivity contribution < 1.29 is 5.11 Å². The lowest BCUT2D eigenvalue weighted by Crippen LogP contribution is -2.30. The fourth-order valence-corrected chi connectivity index (χ4v) is 2.82. The number of rotatable bonds is 3. The summed E-state index contributed by atoms with van der Waals surface area (Å²) in [5, 5.41) is 9.72. The molecule has 0 saturated carbocycles. The number of aromatic nitrogens is 4. The van der Waals surface area contributed by atoms with Crippen LogP contribution in [0.4, 0.5) is 5.95 Å². The number of imidazole rings is 1. The summed E-state index contributed by atoms with van der Waals surface area (Å²) in [5.41, 5.74) is -0.264. The third-order valence-electron chi connectivity index (χ3n) is 3.82. The highest BCUT2D eigenvalue weighted by Crippen LogP contribution is 2.23. The Labute approximate surface area is 120 Å². The number of nitrogens with zero attached hydrogens (tertiary/aromatic N) is 4. The molecule has 0 bridgehead atoms. The van der Waals surface area contributed by atoms with Crippen LogP contribution in [-0.4, -0.2) is 43.4 Å². The third-order valence-corrected chi connectivity index (χ3v) is 3.82. The molecule has 0 aromatic carbocycles. The molecule has 0 aliphatic carbocycles. The standard InChI is InChI=1S/C13H19N5O3/c1-8(19)7-18-9-10(16(2)13(21)15-11(9)20)14-12(18)17-5-3-4-6-17/h8,19H,3-7H2,1-2H3,(H,15,20,21)/t8-/m0/s1. The minimum absolute atomic E-state index is 0.267. The van der Waals surface area contributed by atoms with Gasteiger partial charge in [-0.05, 0) is 19.8 Å². The lowest BCUT2D eigenvalue weighted by molar-refractivity contribution is 0.175. The van der Waals surface area contributed by atoms with Crippen molar-refractivity contribution in [2.75, 3.05) is 18.0 Å². The summed E-state index contributed by atoms with van der Waals surface area (Å²) in [6.07, 6.45) is 1.54. The monoisotopic (exact) mass is 293 g/mol. The summed E-state index contributed by atoms with van der Waals surface area (Å²) in [4.78, 5) is 32.7. The van der Waals surface area contributed by atoms with E-state index in [1.807, 2.05) is 0 Å². The molecule has 2 N–H and O–H groups in total. The van der Waals surface area contributed by atoms with Gasteiger partial charge in [-0.15, -0.1) is 0 Å². The Hall–Kier alpha value is -2.09. The van der Waals surface area contributed by atoms with Crippen molar-refractivity contribution in [3.63, 3.8) is 0 Å². The predicted octanol–water partition coefficient (Wildman–Crippen LogP) is -0.596. The zero-order valence-corrected chi connectivity index (χ0v) is 12.2. The van der Waals surface area contributed by atoms with Crippen LogP contribution < -0.4 is 16.1 Å². The highest BCUT2D eigenvalue weighted by atomic mass is 16.3. The fourth-order valence-electron chi connectivity index (χ4n) is 2.82. The maximum atomic E-state index is 12.2. The summed E-state index contributed by atoms with van der Waals surface area (Å²) >= 11 is 0. The number of hydrogen-bond donors (Lipinski definition) is 2. The van der Waals surface area contributed by atoms with Crippen LogP contribution in [0.15, 0.2) is 9.59 Å². The summed E-state index contributed by atoms with van der Waals surface area (Å²) in [6, 6.07) is 0. The van der Waals surface area contributed by atoms with Crippen LogP contribution in [0, 0.1) is 0 Å². The van der Waals surface area contributed by atoms with Crippen molar-refractivity contribution in [3.05, 3.63) is 20.8 Å². The number of aliphatic hydroxyl groups is 1. The number of anilines is 1. The minimum Gasteiger partial charge on any atom is -0.392 e. The quantitative estimate of drug-likeness (QED) is 0.788. The second kappa shape index (κ2) is 5.03. The molecule has 114 valence electrons. The summed E-state index contributed by atoms with van der Waals surface area (Å²) in [6.45, 7) is 3.67. The Morgan fingerprint density at radius 2 is 2.00 bits per heavy atom. The summed E-state index contributed by atoms with van der Waals surface area (Å²) in [5.74, 6) is 0.648. The molecule has 1 fully saturated rings. The number of fused-ring (bicyclic) bond motifs is 1. The maximum absolute atomic E-state index is 12.2. The Morgan fingerprint density at radius 1 is 1.33 bits per heavy atom. The van der Waals surface area contributed by atoms with Crippen LogP contribution in [-0.2, 0) is 13.6 Å². The largest absolute Gasteiger partial charge is 0.392 e. The third kappa shape index (κ3) is 2.25. The lowest BCUT2D eigenvalue weighted by atomic mass is 10.4. The van der Waals surface area contributed by atoms with E-state index in [1.165, 1.54) is 4.57 Å². The topological polar surface area (TPSA) is 96.2 Å². The predicted molar refractivity (Wildman–Crippen MR) is 78.7 cm³/mol. The molecule has 8 nitrogen and oxygen atoms in total. The normalized spacial score (nSPS) is 16.8. The second-order valence-electron chi connectivity index (χ2n) is 5.56. The van der Waals surface area contributed by atoms with Gasteiger partial charge in [-0.2, -0.15) is 4.98 Å². The van der Waals surface area contributed by atoms with E-state index in [1.54, 1.807) is 18.5 Å². The van der Waals surface area contributed by atoms with E-state index in [0.717, 1.165) is 25.9 Å². The van der Waals surface area contributed by atoms with Gasteiger partial charge in [-0.3, -0.25) is 14.3 Å². The molecule has 8 heteroatoms. The molecule has 2 aromatic rings. The van der Waals surface area contributed by atoms with Crippen LogP contribution in [0.3, 0.4) is 0 Å². The number of H-pyrrole nitrogens is 1. The summed E-state index contributed by atoms with van der Waals surface area (Å²) < 4.78 is 3.04. The molecule has 0 unspecified atom stereocenters. The molecule has 3 heterocycles. The molecular weight excluding hydrogens is 274 g/mol. The van der Waals surface area contributed by atoms with Gasteiger partial charge in [0.15, 0.2) is 11.2 Å². The van der Waals surface area contributed by atoms with Gasteiger partial charge >= 0.3 is 5.69 Å². The first kappa shape index (κ1) is 13.9. The average molecular weight is 293 g/mol.